The second kappa shape index (κ2) is 7.19. The largest absolute Gasteiger partial charge is 0.503 e. The van der Waals surface area contributed by atoms with Crippen molar-refractivity contribution in [2.24, 2.45) is 0 Å². The number of ether oxygens (including phenoxy) is 1. The number of halogens is 1. The zero-order valence-electron chi connectivity index (χ0n) is 12.4. The number of benzene rings is 1. The number of aromatic hydroxyl groups is 1. The SMILES string of the molecule is CCC1CCCCCN1Cc1cc(Cl)c(O)c(OC)c1. The number of phenolic OH excluding ortho intramolecular Hbond substituents is 1. The van der Waals surface area contributed by atoms with E-state index in [1.165, 1.54) is 32.1 Å². The van der Waals surface area contributed by atoms with Crippen molar-refractivity contribution in [2.75, 3.05) is 13.7 Å². The molecule has 1 unspecified atom stereocenters. The molecule has 0 aromatic heterocycles. The molecule has 1 heterocycles. The van der Waals surface area contributed by atoms with Crippen molar-refractivity contribution in [1.29, 1.82) is 0 Å². The Bertz CT molecular complexity index is 450. The molecule has 0 radical (unpaired) electrons. The van der Waals surface area contributed by atoms with Crippen molar-refractivity contribution in [3.8, 4) is 11.5 Å². The minimum Gasteiger partial charge on any atom is -0.503 e. The number of likely N-dealkylation sites (tertiary alicyclic amines) is 1. The fourth-order valence-electron chi connectivity index (χ4n) is 3.02. The summed E-state index contributed by atoms with van der Waals surface area (Å²) < 4.78 is 5.18. The quantitative estimate of drug-likeness (QED) is 0.903. The summed E-state index contributed by atoms with van der Waals surface area (Å²) in [5.41, 5.74) is 1.10. The van der Waals surface area contributed by atoms with E-state index in [9.17, 15) is 5.11 Å². The molecule has 1 aliphatic rings. The maximum atomic E-state index is 9.80. The van der Waals surface area contributed by atoms with E-state index in [4.69, 9.17) is 16.3 Å². The molecule has 1 aromatic carbocycles. The van der Waals surface area contributed by atoms with Crippen molar-refractivity contribution < 1.29 is 9.84 Å². The number of methoxy groups -OCH3 is 1. The molecule has 0 spiro atoms. The van der Waals surface area contributed by atoms with E-state index in [1.54, 1.807) is 7.11 Å². The van der Waals surface area contributed by atoms with Crippen LogP contribution in [0.1, 0.15) is 44.6 Å². The van der Waals surface area contributed by atoms with Gasteiger partial charge in [-0.05, 0) is 43.5 Å². The summed E-state index contributed by atoms with van der Waals surface area (Å²) in [5.74, 6) is 0.483. The van der Waals surface area contributed by atoms with Crippen LogP contribution in [-0.2, 0) is 6.54 Å². The second-order valence-corrected chi connectivity index (χ2v) is 5.92. The number of hydrogen-bond acceptors (Lipinski definition) is 3. The average molecular weight is 298 g/mol. The maximum Gasteiger partial charge on any atom is 0.176 e. The lowest BCUT2D eigenvalue weighted by Crippen LogP contribution is -2.33. The topological polar surface area (TPSA) is 32.7 Å². The zero-order valence-corrected chi connectivity index (χ0v) is 13.1. The molecule has 4 heteroatoms. The Kier molecular flexibility index (Phi) is 5.55. The highest BCUT2D eigenvalue weighted by molar-refractivity contribution is 6.32. The van der Waals surface area contributed by atoms with Gasteiger partial charge in [0.2, 0.25) is 0 Å². The van der Waals surface area contributed by atoms with E-state index in [0.29, 0.717) is 16.8 Å². The Balaban J connectivity index is 2.17. The Morgan fingerprint density at radius 3 is 2.85 bits per heavy atom. The molecule has 1 N–H and O–H groups in total. The van der Waals surface area contributed by atoms with Crippen LogP contribution in [0.4, 0.5) is 0 Å². The molecular formula is C16H24ClNO2. The molecule has 1 saturated heterocycles. The standard InChI is InChI=1S/C16H24ClNO2/c1-3-13-7-5-4-6-8-18(13)11-12-9-14(17)16(19)15(10-12)20-2/h9-10,13,19H,3-8,11H2,1-2H3. The van der Waals surface area contributed by atoms with Gasteiger partial charge in [-0.2, -0.15) is 0 Å². The van der Waals surface area contributed by atoms with E-state index in [0.717, 1.165) is 18.7 Å². The average Bonchev–Trinajstić information content (AvgIpc) is 2.67. The van der Waals surface area contributed by atoms with Gasteiger partial charge in [0.25, 0.3) is 0 Å². The first-order chi connectivity index (χ1) is 9.65. The number of hydrogen-bond donors (Lipinski definition) is 1. The molecule has 0 bridgehead atoms. The highest BCUT2D eigenvalue weighted by atomic mass is 35.5. The van der Waals surface area contributed by atoms with Crippen LogP contribution in [0.15, 0.2) is 12.1 Å². The van der Waals surface area contributed by atoms with E-state index in [1.807, 2.05) is 12.1 Å². The van der Waals surface area contributed by atoms with Crippen LogP contribution in [0.3, 0.4) is 0 Å². The molecule has 0 amide bonds. The van der Waals surface area contributed by atoms with Gasteiger partial charge < -0.3 is 9.84 Å². The van der Waals surface area contributed by atoms with Gasteiger partial charge in [-0.15, -0.1) is 0 Å². The van der Waals surface area contributed by atoms with Crippen LogP contribution in [0.25, 0.3) is 0 Å². The number of nitrogens with zero attached hydrogens (tertiary/aromatic N) is 1. The predicted octanol–water partition coefficient (Wildman–Crippen LogP) is 4.21. The van der Waals surface area contributed by atoms with Crippen LogP contribution >= 0.6 is 11.6 Å². The van der Waals surface area contributed by atoms with Crippen molar-refractivity contribution in [3.05, 3.63) is 22.7 Å². The zero-order chi connectivity index (χ0) is 14.5. The summed E-state index contributed by atoms with van der Waals surface area (Å²) >= 11 is 6.07. The molecular weight excluding hydrogens is 274 g/mol. The van der Waals surface area contributed by atoms with Gasteiger partial charge in [0.15, 0.2) is 11.5 Å². The van der Waals surface area contributed by atoms with Gasteiger partial charge in [0.05, 0.1) is 12.1 Å². The van der Waals surface area contributed by atoms with Crippen LogP contribution in [0.2, 0.25) is 5.02 Å². The molecule has 0 saturated carbocycles. The number of phenols is 1. The van der Waals surface area contributed by atoms with E-state index in [-0.39, 0.29) is 5.75 Å². The first-order valence-electron chi connectivity index (χ1n) is 7.45. The lowest BCUT2D eigenvalue weighted by Gasteiger charge is -2.29. The Labute approximate surface area is 126 Å². The molecule has 0 aliphatic carbocycles. The Morgan fingerprint density at radius 1 is 1.35 bits per heavy atom. The summed E-state index contributed by atoms with van der Waals surface area (Å²) in [6.07, 6.45) is 6.38. The lowest BCUT2D eigenvalue weighted by molar-refractivity contribution is 0.186. The first-order valence-corrected chi connectivity index (χ1v) is 7.83. The molecule has 1 aliphatic heterocycles. The molecule has 112 valence electrons. The smallest absolute Gasteiger partial charge is 0.176 e. The minimum absolute atomic E-state index is 0.0285. The minimum atomic E-state index is 0.0285. The van der Waals surface area contributed by atoms with Gasteiger partial charge in [-0.3, -0.25) is 4.90 Å². The first kappa shape index (κ1) is 15.5. The summed E-state index contributed by atoms with van der Waals surface area (Å²) in [7, 11) is 1.55. The van der Waals surface area contributed by atoms with Crippen LogP contribution in [-0.4, -0.2) is 29.7 Å². The fourth-order valence-corrected chi connectivity index (χ4v) is 3.25. The molecule has 2 rings (SSSR count). The molecule has 1 atom stereocenters. The maximum absolute atomic E-state index is 9.80. The fraction of sp³-hybridized carbons (Fsp3) is 0.625. The van der Waals surface area contributed by atoms with Gasteiger partial charge in [0.1, 0.15) is 0 Å². The monoisotopic (exact) mass is 297 g/mol. The van der Waals surface area contributed by atoms with E-state index < -0.39 is 0 Å². The van der Waals surface area contributed by atoms with Gasteiger partial charge in [-0.25, -0.2) is 0 Å². The summed E-state index contributed by atoms with van der Waals surface area (Å²) in [6.45, 7) is 4.27. The molecule has 1 fully saturated rings. The van der Waals surface area contributed by atoms with Crippen molar-refractivity contribution >= 4 is 11.6 Å². The van der Waals surface area contributed by atoms with Crippen molar-refractivity contribution in [2.45, 2.75) is 51.6 Å². The molecule has 1 aromatic rings. The lowest BCUT2D eigenvalue weighted by atomic mass is 10.1. The Morgan fingerprint density at radius 2 is 2.15 bits per heavy atom. The van der Waals surface area contributed by atoms with E-state index >= 15 is 0 Å². The Hall–Kier alpha value is -0.930. The summed E-state index contributed by atoms with van der Waals surface area (Å²) in [6, 6.07) is 4.38. The normalized spacial score (nSPS) is 20.6. The summed E-state index contributed by atoms with van der Waals surface area (Å²) in [5, 5.41) is 10.2. The van der Waals surface area contributed by atoms with Gasteiger partial charge in [-0.1, -0.05) is 31.4 Å². The van der Waals surface area contributed by atoms with Crippen LogP contribution in [0.5, 0.6) is 11.5 Å². The highest BCUT2D eigenvalue weighted by Gasteiger charge is 2.20. The summed E-state index contributed by atoms with van der Waals surface area (Å²) in [4.78, 5) is 2.54. The third-order valence-corrected chi connectivity index (χ3v) is 4.45. The third-order valence-electron chi connectivity index (χ3n) is 4.16. The van der Waals surface area contributed by atoms with E-state index in [2.05, 4.69) is 11.8 Å². The van der Waals surface area contributed by atoms with Crippen LogP contribution in [0, 0.1) is 0 Å². The number of rotatable bonds is 4. The van der Waals surface area contributed by atoms with Gasteiger partial charge in [0, 0.05) is 12.6 Å². The third kappa shape index (κ3) is 3.58. The highest BCUT2D eigenvalue weighted by Crippen LogP contribution is 2.35. The van der Waals surface area contributed by atoms with Crippen molar-refractivity contribution in [3.63, 3.8) is 0 Å². The van der Waals surface area contributed by atoms with Gasteiger partial charge >= 0.3 is 0 Å². The van der Waals surface area contributed by atoms with Crippen LogP contribution < -0.4 is 4.74 Å². The second-order valence-electron chi connectivity index (χ2n) is 5.51. The molecule has 20 heavy (non-hydrogen) atoms. The molecule has 3 nitrogen and oxygen atoms in total. The predicted molar refractivity (Wildman–Crippen MR) is 82.6 cm³/mol. The van der Waals surface area contributed by atoms with Crippen molar-refractivity contribution in [1.82, 2.24) is 4.90 Å².